The summed E-state index contributed by atoms with van der Waals surface area (Å²) in [5.41, 5.74) is 1.24. The van der Waals surface area contributed by atoms with Crippen LogP contribution in [0.25, 0.3) is 0 Å². The summed E-state index contributed by atoms with van der Waals surface area (Å²) in [6.45, 7) is 12.5. The summed E-state index contributed by atoms with van der Waals surface area (Å²) in [5.74, 6) is -0.275. The van der Waals surface area contributed by atoms with Crippen LogP contribution in [-0.4, -0.2) is 42.3 Å². The molecule has 0 aliphatic carbocycles. The number of allylic oxidation sites excluding steroid dienone is 1. The van der Waals surface area contributed by atoms with Crippen LogP contribution >= 0.6 is 0 Å². The van der Waals surface area contributed by atoms with Gasteiger partial charge in [-0.2, -0.15) is 0 Å². The van der Waals surface area contributed by atoms with E-state index in [0.717, 1.165) is 5.57 Å². The molecule has 0 aromatic carbocycles. The largest absolute Gasteiger partial charge is 0.463 e. The predicted molar refractivity (Wildman–Crippen MR) is 85.5 cm³/mol. The number of esters is 1. The van der Waals surface area contributed by atoms with Gasteiger partial charge in [-0.25, -0.2) is 9.59 Å². The quantitative estimate of drug-likeness (QED) is 0.453. The first-order chi connectivity index (χ1) is 10.3. The molecule has 1 amide bonds. The van der Waals surface area contributed by atoms with Crippen LogP contribution in [0.1, 0.15) is 47.0 Å². The minimum atomic E-state index is -0.494. The molecule has 1 heterocycles. The lowest BCUT2D eigenvalue weighted by atomic mass is 9.96. The van der Waals surface area contributed by atoms with Crippen LogP contribution in [0.15, 0.2) is 23.8 Å². The number of rotatable bonds is 4. The van der Waals surface area contributed by atoms with Gasteiger partial charge in [0.05, 0.1) is 6.61 Å². The van der Waals surface area contributed by atoms with Crippen molar-refractivity contribution in [3.63, 3.8) is 0 Å². The zero-order valence-electron chi connectivity index (χ0n) is 14.1. The molecule has 0 aromatic heterocycles. The summed E-state index contributed by atoms with van der Waals surface area (Å²) >= 11 is 0. The molecular weight excluding hydrogens is 282 g/mol. The summed E-state index contributed by atoms with van der Waals surface area (Å²) in [7, 11) is 0. The van der Waals surface area contributed by atoms with Crippen LogP contribution in [0.3, 0.4) is 0 Å². The summed E-state index contributed by atoms with van der Waals surface area (Å²) in [6, 6.07) is 0. The van der Waals surface area contributed by atoms with Gasteiger partial charge in [0.25, 0.3) is 0 Å². The summed E-state index contributed by atoms with van der Waals surface area (Å²) < 4.78 is 10.5. The standard InChI is InChI=1S/C17H27NO4/c1-6-8-14(15(19)21-7-2)13-9-11-18(12-10-13)16(20)22-17(3,4)5/h6H,1,7-12H2,2-5H3. The van der Waals surface area contributed by atoms with Gasteiger partial charge in [0, 0.05) is 18.7 Å². The van der Waals surface area contributed by atoms with Crippen LogP contribution in [0.5, 0.6) is 0 Å². The minimum Gasteiger partial charge on any atom is -0.463 e. The third-order valence-corrected chi connectivity index (χ3v) is 3.32. The summed E-state index contributed by atoms with van der Waals surface area (Å²) in [5, 5.41) is 0. The van der Waals surface area contributed by atoms with Gasteiger partial charge in [-0.3, -0.25) is 0 Å². The van der Waals surface area contributed by atoms with Gasteiger partial charge in [-0.1, -0.05) is 11.6 Å². The number of ether oxygens (including phenoxy) is 2. The molecular formula is C17H27NO4. The first-order valence-corrected chi connectivity index (χ1v) is 7.75. The SMILES string of the molecule is C=CCC(C(=O)OCC)=C1CCN(C(=O)OC(C)(C)C)CC1. The van der Waals surface area contributed by atoms with E-state index in [1.54, 1.807) is 17.9 Å². The van der Waals surface area contributed by atoms with Gasteiger partial charge in [-0.05, 0) is 47.0 Å². The van der Waals surface area contributed by atoms with E-state index in [-0.39, 0.29) is 12.1 Å². The Kier molecular flexibility index (Phi) is 6.65. The van der Waals surface area contributed by atoms with Gasteiger partial charge in [-0.15, -0.1) is 6.58 Å². The Bertz CT molecular complexity index is 450. The van der Waals surface area contributed by atoms with E-state index in [4.69, 9.17) is 9.47 Å². The van der Waals surface area contributed by atoms with Crippen molar-refractivity contribution in [3.8, 4) is 0 Å². The van der Waals surface area contributed by atoms with Crippen molar-refractivity contribution in [1.82, 2.24) is 4.90 Å². The number of likely N-dealkylation sites (tertiary alicyclic amines) is 1. The number of nitrogens with zero attached hydrogens (tertiary/aromatic N) is 1. The molecule has 124 valence electrons. The Morgan fingerprint density at radius 3 is 2.32 bits per heavy atom. The van der Waals surface area contributed by atoms with Crippen molar-refractivity contribution in [2.75, 3.05) is 19.7 Å². The first-order valence-electron chi connectivity index (χ1n) is 7.75. The molecule has 0 saturated carbocycles. The van der Waals surface area contributed by atoms with Gasteiger partial charge < -0.3 is 14.4 Å². The van der Waals surface area contributed by atoms with E-state index in [1.807, 2.05) is 20.8 Å². The average molecular weight is 309 g/mol. The second kappa shape index (κ2) is 8.01. The monoisotopic (exact) mass is 309 g/mol. The molecule has 0 atom stereocenters. The van der Waals surface area contributed by atoms with Crippen LogP contribution < -0.4 is 0 Å². The zero-order valence-corrected chi connectivity index (χ0v) is 14.1. The Morgan fingerprint density at radius 1 is 1.27 bits per heavy atom. The third kappa shape index (κ3) is 5.54. The summed E-state index contributed by atoms with van der Waals surface area (Å²) in [6.07, 6.45) is 3.25. The second-order valence-electron chi connectivity index (χ2n) is 6.26. The minimum absolute atomic E-state index is 0.275. The molecule has 0 spiro atoms. The average Bonchev–Trinajstić information content (AvgIpc) is 2.43. The van der Waals surface area contributed by atoms with Crippen LogP contribution in [0.4, 0.5) is 4.79 Å². The molecule has 1 aliphatic rings. The highest BCUT2D eigenvalue weighted by Gasteiger charge is 2.26. The first kappa shape index (κ1) is 18.3. The van der Waals surface area contributed by atoms with E-state index in [9.17, 15) is 9.59 Å². The molecule has 1 saturated heterocycles. The maximum atomic E-state index is 12.0. The molecule has 5 nitrogen and oxygen atoms in total. The Balaban J connectivity index is 2.72. The van der Waals surface area contributed by atoms with E-state index in [2.05, 4.69) is 6.58 Å². The van der Waals surface area contributed by atoms with E-state index in [0.29, 0.717) is 44.5 Å². The lowest BCUT2D eigenvalue weighted by Gasteiger charge is -2.31. The molecule has 0 N–H and O–H groups in total. The zero-order chi connectivity index (χ0) is 16.8. The van der Waals surface area contributed by atoms with Crippen molar-refractivity contribution < 1.29 is 19.1 Å². The fourth-order valence-electron chi connectivity index (χ4n) is 2.32. The van der Waals surface area contributed by atoms with Crippen molar-refractivity contribution in [1.29, 1.82) is 0 Å². The number of hydrogen-bond acceptors (Lipinski definition) is 4. The smallest absolute Gasteiger partial charge is 0.410 e. The molecule has 22 heavy (non-hydrogen) atoms. The lowest BCUT2D eigenvalue weighted by molar-refractivity contribution is -0.138. The van der Waals surface area contributed by atoms with Crippen molar-refractivity contribution >= 4 is 12.1 Å². The normalized spacial score (nSPS) is 15.3. The maximum absolute atomic E-state index is 12.0. The van der Waals surface area contributed by atoms with Gasteiger partial charge in [0.2, 0.25) is 0 Å². The van der Waals surface area contributed by atoms with Gasteiger partial charge in [0.1, 0.15) is 5.60 Å². The predicted octanol–water partition coefficient (Wildman–Crippen LogP) is 3.45. The molecule has 5 heteroatoms. The van der Waals surface area contributed by atoms with Crippen LogP contribution in [0, 0.1) is 0 Å². The lowest BCUT2D eigenvalue weighted by Crippen LogP contribution is -2.40. The highest BCUT2D eigenvalue weighted by Crippen LogP contribution is 2.24. The molecule has 0 bridgehead atoms. The Hall–Kier alpha value is -1.78. The number of piperidine rings is 1. The van der Waals surface area contributed by atoms with Crippen molar-refractivity contribution in [3.05, 3.63) is 23.8 Å². The highest BCUT2D eigenvalue weighted by molar-refractivity contribution is 5.89. The highest BCUT2D eigenvalue weighted by atomic mass is 16.6. The Morgan fingerprint density at radius 2 is 1.86 bits per heavy atom. The third-order valence-electron chi connectivity index (χ3n) is 3.32. The second-order valence-corrected chi connectivity index (χ2v) is 6.26. The number of hydrogen-bond donors (Lipinski definition) is 0. The van der Waals surface area contributed by atoms with E-state index in [1.165, 1.54) is 0 Å². The molecule has 0 aromatic rings. The molecule has 0 unspecified atom stereocenters. The molecule has 0 radical (unpaired) electrons. The Labute approximate surface area is 133 Å². The molecule has 1 rings (SSSR count). The number of carbonyl (C=O) groups excluding carboxylic acids is 2. The molecule has 1 fully saturated rings. The van der Waals surface area contributed by atoms with Crippen molar-refractivity contribution in [2.24, 2.45) is 0 Å². The van der Waals surface area contributed by atoms with Gasteiger partial charge >= 0.3 is 12.1 Å². The fourth-order valence-corrected chi connectivity index (χ4v) is 2.32. The van der Waals surface area contributed by atoms with E-state index >= 15 is 0 Å². The van der Waals surface area contributed by atoms with Crippen molar-refractivity contribution in [2.45, 2.75) is 52.6 Å². The topological polar surface area (TPSA) is 55.8 Å². The van der Waals surface area contributed by atoms with Gasteiger partial charge in [0.15, 0.2) is 0 Å². The van der Waals surface area contributed by atoms with Crippen LogP contribution in [0.2, 0.25) is 0 Å². The number of amides is 1. The van der Waals surface area contributed by atoms with Crippen LogP contribution in [-0.2, 0) is 14.3 Å². The van der Waals surface area contributed by atoms with E-state index < -0.39 is 5.60 Å². The fraction of sp³-hybridized carbons (Fsp3) is 0.647. The summed E-state index contributed by atoms with van der Waals surface area (Å²) in [4.78, 5) is 25.7. The number of carbonyl (C=O) groups is 2. The molecule has 1 aliphatic heterocycles. The maximum Gasteiger partial charge on any atom is 0.410 e.